The van der Waals surface area contributed by atoms with Crippen molar-refractivity contribution in [3.05, 3.63) is 57.2 Å². The molecule has 5 heterocycles. The van der Waals surface area contributed by atoms with E-state index in [1.807, 2.05) is 59.4 Å². The van der Waals surface area contributed by atoms with Gasteiger partial charge < -0.3 is 9.47 Å². The smallest absolute Gasteiger partial charge is 0.208 e. The molecular formula is C15H11NO2S6. The molecule has 3 nitrogen and oxygen atoms in total. The maximum Gasteiger partial charge on any atom is 0.208 e. The third-order valence-electron chi connectivity index (χ3n) is 3.48. The Morgan fingerprint density at radius 3 is 2.25 bits per heavy atom. The molecule has 124 valence electrons. The number of nitrogens with zero attached hydrogens (tertiary/aromatic N) is 1. The lowest BCUT2D eigenvalue weighted by molar-refractivity contribution is 0.0949. The van der Waals surface area contributed by atoms with E-state index in [9.17, 15) is 0 Å². The molecular weight excluding hydrogens is 419 g/mol. The van der Waals surface area contributed by atoms with Crippen LogP contribution in [0.15, 0.2) is 51.7 Å². The lowest BCUT2D eigenvalue weighted by Gasteiger charge is -2.21. The molecule has 0 aliphatic carbocycles. The van der Waals surface area contributed by atoms with Gasteiger partial charge in [-0.1, -0.05) is 23.5 Å². The molecule has 0 N–H and O–H groups in total. The van der Waals surface area contributed by atoms with E-state index in [2.05, 4.69) is 17.1 Å². The van der Waals surface area contributed by atoms with Gasteiger partial charge in [-0.15, -0.1) is 23.5 Å². The Kier molecular flexibility index (Phi) is 4.74. The second kappa shape index (κ2) is 7.00. The van der Waals surface area contributed by atoms with Crippen molar-refractivity contribution < 1.29 is 9.47 Å². The number of hydrogen-bond acceptors (Lipinski definition) is 9. The fraction of sp³-hybridized carbons (Fsp3) is 0.267. The molecule has 0 amide bonds. The molecule has 0 saturated carbocycles. The van der Waals surface area contributed by atoms with Crippen molar-refractivity contribution in [3.63, 3.8) is 0 Å². The molecule has 0 spiro atoms. The Bertz CT molecular complexity index is 755. The molecule has 4 aliphatic heterocycles. The second-order valence-corrected chi connectivity index (χ2v) is 12.3. The Morgan fingerprint density at radius 2 is 1.50 bits per heavy atom. The van der Waals surface area contributed by atoms with E-state index >= 15 is 0 Å². The largest absolute Gasteiger partial charge is 0.480 e. The Morgan fingerprint density at radius 1 is 0.833 bits per heavy atom. The average molecular weight is 430 g/mol. The summed E-state index contributed by atoms with van der Waals surface area (Å²) in [4.78, 5) is 4.13. The van der Waals surface area contributed by atoms with Gasteiger partial charge in [-0.2, -0.15) is 0 Å². The van der Waals surface area contributed by atoms with Crippen LogP contribution in [0, 0.1) is 0 Å². The Labute approximate surface area is 165 Å². The zero-order valence-corrected chi connectivity index (χ0v) is 17.1. The van der Waals surface area contributed by atoms with Gasteiger partial charge in [-0.25, -0.2) is 0 Å². The highest BCUT2D eigenvalue weighted by molar-refractivity contribution is 8.43. The fourth-order valence-electron chi connectivity index (χ4n) is 2.37. The number of rotatable bonds is 1. The minimum Gasteiger partial charge on any atom is -0.480 e. The minimum absolute atomic E-state index is 0.510. The third-order valence-corrected chi connectivity index (χ3v) is 12.4. The van der Waals surface area contributed by atoms with Gasteiger partial charge in [-0.05, 0) is 41.2 Å². The van der Waals surface area contributed by atoms with Crippen LogP contribution in [0.3, 0.4) is 0 Å². The van der Waals surface area contributed by atoms with Gasteiger partial charge in [0.25, 0.3) is 0 Å². The molecule has 0 saturated heterocycles. The molecule has 0 radical (unpaired) electrons. The maximum absolute atomic E-state index is 5.70. The first-order chi connectivity index (χ1) is 11.9. The van der Waals surface area contributed by atoms with Crippen LogP contribution in [0.5, 0.6) is 0 Å². The van der Waals surface area contributed by atoms with Crippen molar-refractivity contribution in [3.8, 4) is 0 Å². The number of pyridine rings is 1. The maximum atomic E-state index is 5.70. The van der Waals surface area contributed by atoms with Crippen molar-refractivity contribution in [2.24, 2.45) is 0 Å². The third kappa shape index (κ3) is 3.12. The molecule has 1 atom stereocenters. The van der Waals surface area contributed by atoms with Crippen LogP contribution in [0.4, 0.5) is 0 Å². The van der Waals surface area contributed by atoms with E-state index in [4.69, 9.17) is 9.47 Å². The summed E-state index contributed by atoms with van der Waals surface area (Å²) in [6, 6.07) is 4.26. The summed E-state index contributed by atoms with van der Waals surface area (Å²) in [6.45, 7) is 1.31. The van der Waals surface area contributed by atoms with E-state index < -0.39 is 0 Å². The summed E-state index contributed by atoms with van der Waals surface area (Å²) in [5.74, 6) is 1.12. The standard InChI is InChI=1S/C15H11NO2S6/c1-3-16-4-2-8(1)9-7-19-12-13(20-9)24-15(23-12)14-21-10-11(22-14)18-6-5-17-10/h1-4,9H,5-7H2. The van der Waals surface area contributed by atoms with Crippen LogP contribution in [0.2, 0.25) is 0 Å². The first-order valence-electron chi connectivity index (χ1n) is 7.26. The summed E-state index contributed by atoms with van der Waals surface area (Å²) in [7, 11) is 0. The number of ether oxygens (including phenoxy) is 2. The summed E-state index contributed by atoms with van der Waals surface area (Å²) >= 11 is 11.2. The van der Waals surface area contributed by atoms with Gasteiger partial charge in [0, 0.05) is 23.4 Å². The van der Waals surface area contributed by atoms with Crippen LogP contribution in [0.25, 0.3) is 0 Å². The van der Waals surface area contributed by atoms with E-state index in [0.717, 1.165) is 15.9 Å². The monoisotopic (exact) mass is 429 g/mol. The minimum atomic E-state index is 0.510. The lowest BCUT2D eigenvalue weighted by Crippen LogP contribution is -2.08. The van der Waals surface area contributed by atoms with Gasteiger partial charge in [0.1, 0.15) is 13.2 Å². The van der Waals surface area contributed by atoms with Crippen molar-refractivity contribution in [2.75, 3.05) is 19.0 Å². The number of hydrogen-bond donors (Lipinski definition) is 0. The predicted molar refractivity (Wildman–Crippen MR) is 110 cm³/mol. The lowest BCUT2D eigenvalue weighted by atomic mass is 10.2. The average Bonchev–Trinajstić information content (AvgIpc) is 3.25. The van der Waals surface area contributed by atoms with Crippen molar-refractivity contribution in [1.29, 1.82) is 0 Å². The van der Waals surface area contributed by atoms with Gasteiger partial charge in [0.05, 0.1) is 16.9 Å². The quantitative estimate of drug-likeness (QED) is 0.534. The van der Waals surface area contributed by atoms with Gasteiger partial charge in [0.15, 0.2) is 0 Å². The van der Waals surface area contributed by atoms with Crippen LogP contribution in [-0.4, -0.2) is 24.0 Å². The molecule has 0 fully saturated rings. The molecule has 5 rings (SSSR count). The van der Waals surface area contributed by atoms with Gasteiger partial charge >= 0.3 is 0 Å². The summed E-state index contributed by atoms with van der Waals surface area (Å²) < 4.78 is 17.0. The van der Waals surface area contributed by atoms with Crippen LogP contribution in [0.1, 0.15) is 10.8 Å². The highest BCUT2D eigenvalue weighted by Gasteiger charge is 2.36. The molecule has 1 aromatic rings. The van der Waals surface area contributed by atoms with E-state index in [1.54, 1.807) is 23.5 Å². The normalized spacial score (nSPS) is 26.2. The Hall–Kier alpha value is 0.0700. The molecule has 1 unspecified atom stereocenters. The summed E-state index contributed by atoms with van der Waals surface area (Å²) in [5, 5.41) is 2.39. The van der Waals surface area contributed by atoms with Crippen molar-refractivity contribution in [1.82, 2.24) is 4.98 Å². The van der Waals surface area contributed by atoms with E-state index in [1.165, 1.54) is 22.5 Å². The zero-order chi connectivity index (χ0) is 15.9. The van der Waals surface area contributed by atoms with Gasteiger partial charge in [-0.3, -0.25) is 4.98 Å². The van der Waals surface area contributed by atoms with Gasteiger partial charge in [0.2, 0.25) is 10.2 Å². The highest BCUT2D eigenvalue weighted by Crippen LogP contribution is 2.67. The first kappa shape index (κ1) is 16.3. The van der Waals surface area contributed by atoms with Crippen LogP contribution in [-0.2, 0) is 9.47 Å². The molecule has 9 heteroatoms. The van der Waals surface area contributed by atoms with Crippen LogP contribution < -0.4 is 0 Å². The molecule has 1 aromatic heterocycles. The highest BCUT2D eigenvalue weighted by atomic mass is 32.3. The summed E-state index contributed by atoms with van der Waals surface area (Å²) in [6.07, 6.45) is 3.77. The SMILES string of the molecule is c1cc(C2CSC3=C(SC(=C4SC5=C(OCCO5)S4)S3)S2)ccn1. The predicted octanol–water partition coefficient (Wildman–Crippen LogP) is 5.99. The number of aromatic nitrogens is 1. The zero-order valence-electron chi connectivity index (χ0n) is 12.2. The van der Waals surface area contributed by atoms with E-state index in [0.29, 0.717) is 18.5 Å². The molecule has 24 heavy (non-hydrogen) atoms. The first-order valence-corrected chi connectivity index (χ1v) is 12.4. The Balaban J connectivity index is 1.32. The number of thioether (sulfide) groups is 6. The second-order valence-electron chi connectivity index (χ2n) is 5.03. The fourth-order valence-corrected chi connectivity index (χ4v) is 11.3. The van der Waals surface area contributed by atoms with Crippen molar-refractivity contribution >= 4 is 70.6 Å². The molecule has 0 bridgehead atoms. The molecule has 0 aromatic carbocycles. The van der Waals surface area contributed by atoms with Crippen molar-refractivity contribution in [2.45, 2.75) is 5.25 Å². The molecule has 4 aliphatic rings. The summed E-state index contributed by atoms with van der Waals surface area (Å²) in [5.41, 5.74) is 1.37. The topological polar surface area (TPSA) is 31.4 Å². The van der Waals surface area contributed by atoms with E-state index in [-0.39, 0.29) is 0 Å². The van der Waals surface area contributed by atoms with Crippen LogP contribution >= 0.6 is 70.6 Å².